The van der Waals surface area contributed by atoms with Gasteiger partial charge in [-0.3, -0.25) is 4.79 Å². The van der Waals surface area contributed by atoms with Crippen LogP contribution in [0, 0.1) is 6.92 Å². The minimum Gasteiger partial charge on any atom is -0.481 e. The first-order valence-corrected chi connectivity index (χ1v) is 9.45. The molecule has 146 valence electrons. The average molecular weight is 370 g/mol. The predicted octanol–water partition coefficient (Wildman–Crippen LogP) is 2.59. The Balaban J connectivity index is 1.68. The van der Waals surface area contributed by atoms with Crippen LogP contribution in [0.5, 0.6) is 5.75 Å². The Bertz CT molecular complexity index is 733. The zero-order valence-electron chi connectivity index (χ0n) is 16.4. The monoisotopic (exact) mass is 370 g/mol. The first-order chi connectivity index (χ1) is 13.0. The molecule has 0 heterocycles. The number of amides is 1. The summed E-state index contributed by atoms with van der Waals surface area (Å²) < 4.78 is 5.64. The third kappa shape index (κ3) is 7.41. The highest BCUT2D eigenvalue weighted by atomic mass is 16.5. The lowest BCUT2D eigenvalue weighted by Gasteiger charge is -2.17. The van der Waals surface area contributed by atoms with Gasteiger partial charge in [0, 0.05) is 19.6 Å². The molecule has 0 bridgehead atoms. The van der Waals surface area contributed by atoms with Crippen molar-refractivity contribution in [2.24, 2.45) is 0 Å². The molecule has 0 aliphatic heterocycles. The number of benzene rings is 2. The molecule has 2 aromatic carbocycles. The van der Waals surface area contributed by atoms with Gasteiger partial charge in [-0.2, -0.15) is 0 Å². The van der Waals surface area contributed by atoms with Crippen LogP contribution in [0.1, 0.15) is 30.5 Å². The molecule has 27 heavy (non-hydrogen) atoms. The summed E-state index contributed by atoms with van der Waals surface area (Å²) in [5.41, 5.74) is 3.56. The highest BCUT2D eigenvalue weighted by molar-refractivity contribution is 5.80. The topological polar surface area (TPSA) is 70.6 Å². The smallest absolute Gasteiger partial charge is 0.260 e. The van der Waals surface area contributed by atoms with Gasteiger partial charge in [-0.15, -0.1) is 0 Å². The fourth-order valence-electron chi connectivity index (χ4n) is 2.72. The molecule has 0 aliphatic carbocycles. The fourth-order valence-corrected chi connectivity index (χ4v) is 2.72. The minimum absolute atomic E-state index is 0.183. The van der Waals surface area contributed by atoms with E-state index in [-0.39, 0.29) is 12.5 Å². The summed E-state index contributed by atoms with van der Waals surface area (Å²) >= 11 is 0. The second-order valence-corrected chi connectivity index (χ2v) is 6.78. The summed E-state index contributed by atoms with van der Waals surface area (Å²) in [7, 11) is 0. The van der Waals surface area contributed by atoms with Crippen LogP contribution in [0.15, 0.2) is 48.5 Å². The van der Waals surface area contributed by atoms with Crippen molar-refractivity contribution in [1.82, 2.24) is 10.6 Å². The Morgan fingerprint density at radius 3 is 2.59 bits per heavy atom. The number of aliphatic hydroxyl groups excluding tert-OH is 1. The molecule has 0 saturated carbocycles. The van der Waals surface area contributed by atoms with Gasteiger partial charge in [-0.05, 0) is 49.1 Å². The van der Waals surface area contributed by atoms with E-state index in [4.69, 9.17) is 4.74 Å². The zero-order chi connectivity index (χ0) is 19.6. The van der Waals surface area contributed by atoms with Gasteiger partial charge in [0.05, 0.1) is 6.10 Å². The maximum absolute atomic E-state index is 12.1. The normalized spacial score (nSPS) is 13.0. The highest BCUT2D eigenvalue weighted by Crippen LogP contribution is 2.14. The summed E-state index contributed by atoms with van der Waals surface area (Å²) in [6, 6.07) is 15.9. The van der Waals surface area contributed by atoms with Gasteiger partial charge >= 0.3 is 0 Å². The van der Waals surface area contributed by atoms with Gasteiger partial charge in [-0.1, -0.05) is 43.3 Å². The van der Waals surface area contributed by atoms with E-state index < -0.39 is 12.2 Å². The number of rotatable bonds is 10. The maximum Gasteiger partial charge on any atom is 0.260 e. The standard InChI is InChI=1S/C22H30N2O3/c1-4-18-8-6-9-19(12-18)13-23-14-20(25)15-24-22(26)17(3)27-21-10-5-7-16(2)11-21/h5-12,17,20,23,25H,4,13-15H2,1-3H3,(H,24,26). The fraction of sp³-hybridized carbons (Fsp3) is 0.409. The number of hydrogen-bond donors (Lipinski definition) is 3. The summed E-state index contributed by atoms with van der Waals surface area (Å²) in [5, 5.41) is 16.0. The SMILES string of the molecule is CCc1cccc(CNCC(O)CNC(=O)C(C)Oc2cccc(C)c2)c1. The molecular formula is C22H30N2O3. The van der Waals surface area contributed by atoms with Crippen LogP contribution in [0.25, 0.3) is 0 Å². The van der Waals surface area contributed by atoms with Crippen molar-refractivity contribution in [3.8, 4) is 5.75 Å². The van der Waals surface area contributed by atoms with E-state index in [1.54, 1.807) is 6.92 Å². The van der Waals surface area contributed by atoms with E-state index >= 15 is 0 Å². The molecular weight excluding hydrogens is 340 g/mol. The van der Waals surface area contributed by atoms with Crippen molar-refractivity contribution in [2.75, 3.05) is 13.1 Å². The molecule has 2 unspecified atom stereocenters. The summed E-state index contributed by atoms with van der Waals surface area (Å²) in [6.45, 7) is 7.07. The van der Waals surface area contributed by atoms with Crippen LogP contribution in [0.3, 0.4) is 0 Å². The van der Waals surface area contributed by atoms with E-state index in [1.165, 1.54) is 11.1 Å². The lowest BCUT2D eigenvalue weighted by Crippen LogP contribution is -2.42. The summed E-state index contributed by atoms with van der Waals surface area (Å²) in [4.78, 5) is 12.1. The Hall–Kier alpha value is -2.37. The third-order valence-corrected chi connectivity index (χ3v) is 4.29. The first-order valence-electron chi connectivity index (χ1n) is 9.45. The van der Waals surface area contributed by atoms with Crippen LogP contribution in [0.2, 0.25) is 0 Å². The largest absolute Gasteiger partial charge is 0.481 e. The van der Waals surface area contributed by atoms with Crippen molar-refractivity contribution in [3.63, 3.8) is 0 Å². The van der Waals surface area contributed by atoms with Crippen molar-refractivity contribution >= 4 is 5.91 Å². The molecule has 5 heteroatoms. The van der Waals surface area contributed by atoms with Crippen LogP contribution in [-0.4, -0.2) is 36.3 Å². The van der Waals surface area contributed by atoms with E-state index in [2.05, 4.69) is 35.8 Å². The Morgan fingerprint density at radius 2 is 1.85 bits per heavy atom. The number of aryl methyl sites for hydroxylation is 2. The molecule has 3 N–H and O–H groups in total. The number of aliphatic hydroxyl groups is 1. The lowest BCUT2D eigenvalue weighted by molar-refractivity contribution is -0.127. The van der Waals surface area contributed by atoms with E-state index in [1.807, 2.05) is 37.3 Å². The van der Waals surface area contributed by atoms with Gasteiger partial charge in [0.25, 0.3) is 5.91 Å². The molecule has 1 amide bonds. The van der Waals surface area contributed by atoms with Crippen LogP contribution in [-0.2, 0) is 17.8 Å². The quantitative estimate of drug-likeness (QED) is 0.601. The van der Waals surface area contributed by atoms with Gasteiger partial charge in [0.2, 0.25) is 0 Å². The maximum atomic E-state index is 12.1. The lowest BCUT2D eigenvalue weighted by atomic mass is 10.1. The molecule has 0 aromatic heterocycles. The molecule has 5 nitrogen and oxygen atoms in total. The zero-order valence-corrected chi connectivity index (χ0v) is 16.4. The number of carbonyl (C=O) groups excluding carboxylic acids is 1. The molecule has 0 radical (unpaired) electrons. The number of nitrogens with one attached hydrogen (secondary N) is 2. The van der Waals surface area contributed by atoms with Gasteiger partial charge in [-0.25, -0.2) is 0 Å². The van der Waals surface area contributed by atoms with E-state index in [9.17, 15) is 9.90 Å². The molecule has 2 atom stereocenters. The molecule has 0 fully saturated rings. The molecule has 2 aromatic rings. The van der Waals surface area contributed by atoms with Crippen LogP contribution < -0.4 is 15.4 Å². The number of carbonyl (C=O) groups is 1. The number of ether oxygens (including phenoxy) is 1. The molecule has 0 saturated heterocycles. The molecule has 0 aliphatic rings. The number of hydrogen-bond acceptors (Lipinski definition) is 4. The Labute approximate surface area is 161 Å². The van der Waals surface area contributed by atoms with Gasteiger partial charge in [0.1, 0.15) is 5.75 Å². The predicted molar refractivity (Wildman–Crippen MR) is 108 cm³/mol. The van der Waals surface area contributed by atoms with Gasteiger partial charge in [0.15, 0.2) is 6.10 Å². The summed E-state index contributed by atoms with van der Waals surface area (Å²) in [6.07, 6.45) is -0.274. The first kappa shape index (κ1) is 20.9. The van der Waals surface area contributed by atoms with E-state index in [0.717, 1.165) is 12.0 Å². The van der Waals surface area contributed by atoms with Crippen molar-refractivity contribution < 1.29 is 14.6 Å². The highest BCUT2D eigenvalue weighted by Gasteiger charge is 2.15. The van der Waals surface area contributed by atoms with Crippen molar-refractivity contribution in [1.29, 1.82) is 0 Å². The second-order valence-electron chi connectivity index (χ2n) is 6.78. The van der Waals surface area contributed by atoms with Crippen molar-refractivity contribution in [2.45, 2.75) is 45.9 Å². The molecule has 0 spiro atoms. The van der Waals surface area contributed by atoms with Crippen molar-refractivity contribution in [3.05, 3.63) is 65.2 Å². The third-order valence-electron chi connectivity index (χ3n) is 4.29. The average Bonchev–Trinajstić information content (AvgIpc) is 2.66. The Kier molecular flexibility index (Phi) is 8.30. The van der Waals surface area contributed by atoms with Crippen LogP contribution >= 0.6 is 0 Å². The van der Waals surface area contributed by atoms with Crippen LogP contribution in [0.4, 0.5) is 0 Å². The Morgan fingerprint density at radius 1 is 1.11 bits per heavy atom. The second kappa shape index (κ2) is 10.7. The van der Waals surface area contributed by atoms with Gasteiger partial charge < -0.3 is 20.5 Å². The summed E-state index contributed by atoms with van der Waals surface area (Å²) in [5.74, 6) is 0.417. The minimum atomic E-state index is -0.658. The molecule has 2 rings (SSSR count). The van der Waals surface area contributed by atoms with E-state index in [0.29, 0.717) is 18.8 Å².